The third-order valence-electron chi connectivity index (χ3n) is 15.2. The molecule has 0 saturated heterocycles. The number of aromatic nitrogens is 5. The summed E-state index contributed by atoms with van der Waals surface area (Å²) in [5.74, 6) is 0. The highest BCUT2D eigenvalue weighted by Crippen LogP contribution is 2.45. The fraction of sp³-hybridized carbons (Fsp3) is 0. The number of rotatable bonds is 6. The Hall–Kier alpha value is -9.58. The van der Waals surface area contributed by atoms with Crippen LogP contribution in [0.1, 0.15) is 0 Å². The van der Waals surface area contributed by atoms with Crippen molar-refractivity contribution in [2.45, 2.75) is 0 Å². The molecule has 0 aliphatic heterocycles. The van der Waals surface area contributed by atoms with E-state index in [1.54, 1.807) is 0 Å². The van der Waals surface area contributed by atoms with Crippen LogP contribution in [0.25, 0.3) is 138 Å². The quantitative estimate of drug-likeness (QED) is 0.159. The molecule has 11 aromatic carbocycles. The van der Waals surface area contributed by atoms with Crippen molar-refractivity contribution in [2.24, 2.45) is 0 Å². The summed E-state index contributed by atoms with van der Waals surface area (Å²) in [6.07, 6.45) is 0. The normalized spacial score (nSPS) is 12.2. The molecule has 71 heavy (non-hydrogen) atoms. The van der Waals surface area contributed by atoms with Gasteiger partial charge in [0.25, 0.3) is 0 Å². The van der Waals surface area contributed by atoms with Crippen molar-refractivity contribution in [1.82, 2.24) is 22.8 Å². The second kappa shape index (κ2) is 14.5. The van der Waals surface area contributed by atoms with Gasteiger partial charge >= 0.3 is 0 Å². The van der Waals surface area contributed by atoms with Crippen molar-refractivity contribution in [2.75, 3.05) is 0 Å². The van der Waals surface area contributed by atoms with Gasteiger partial charge in [0.2, 0.25) is 0 Å². The van der Waals surface area contributed by atoms with E-state index >= 15 is 0 Å². The standard InChI is InChI=1S/C66H41N5/c1-2-18-43(19-3-1)67-55-27-10-7-24-50(55)52-37-35-46(41-64(52)67)70-60-31-15-33-62-65(60)66-61(70)32-16-34-63(66)71(62)54-26-9-4-21-47(54)42-17-14-20-44(39-42)68-58-30-13-8-25-51(58)53-40-45(36-38-59(53)68)69-56-28-11-5-22-48(56)49-23-6-12-29-57(49)69/h1-41H. The first kappa shape index (κ1) is 38.4. The Morgan fingerprint density at radius 2 is 0.592 bits per heavy atom. The molecule has 0 aliphatic rings. The maximum absolute atomic E-state index is 2.49. The maximum atomic E-state index is 2.49. The van der Waals surface area contributed by atoms with Crippen LogP contribution in [0, 0.1) is 0 Å². The first-order valence-corrected chi connectivity index (χ1v) is 24.4. The smallest absolute Gasteiger partial charge is 0.0563 e. The van der Waals surface area contributed by atoms with Crippen LogP contribution in [-0.4, -0.2) is 22.8 Å². The van der Waals surface area contributed by atoms with Gasteiger partial charge in [0.1, 0.15) is 0 Å². The van der Waals surface area contributed by atoms with E-state index in [-0.39, 0.29) is 0 Å². The fourth-order valence-corrected chi connectivity index (χ4v) is 12.4. The van der Waals surface area contributed by atoms with Crippen molar-refractivity contribution >= 4 is 98.3 Å². The summed E-state index contributed by atoms with van der Waals surface area (Å²) in [5, 5.41) is 10.0. The first-order valence-electron chi connectivity index (χ1n) is 24.4. The van der Waals surface area contributed by atoms with E-state index in [1.807, 2.05) is 0 Å². The van der Waals surface area contributed by atoms with Crippen molar-refractivity contribution in [3.05, 3.63) is 249 Å². The van der Waals surface area contributed by atoms with Crippen molar-refractivity contribution in [1.29, 1.82) is 0 Å². The first-order chi connectivity index (χ1) is 35.3. The van der Waals surface area contributed by atoms with Gasteiger partial charge in [-0.2, -0.15) is 0 Å². The maximum Gasteiger partial charge on any atom is 0.0563 e. The van der Waals surface area contributed by atoms with Crippen LogP contribution < -0.4 is 0 Å². The molecule has 0 bridgehead atoms. The minimum atomic E-state index is 1.12. The van der Waals surface area contributed by atoms with Gasteiger partial charge in [-0.3, -0.25) is 0 Å². The molecule has 0 saturated carbocycles. The number of nitrogens with zero attached hydrogens (tertiary/aromatic N) is 5. The van der Waals surface area contributed by atoms with E-state index in [1.165, 1.54) is 104 Å². The van der Waals surface area contributed by atoms with Crippen LogP contribution >= 0.6 is 0 Å². The zero-order chi connectivity index (χ0) is 46.3. The van der Waals surface area contributed by atoms with E-state index < -0.39 is 0 Å². The lowest BCUT2D eigenvalue weighted by Gasteiger charge is -2.17. The molecule has 0 atom stereocenters. The number of fused-ring (bicyclic) bond motifs is 9. The van der Waals surface area contributed by atoms with Gasteiger partial charge in [-0.15, -0.1) is 0 Å². The summed E-state index contributed by atoms with van der Waals surface area (Å²) < 4.78 is 12.2. The molecule has 5 nitrogen and oxygen atoms in total. The Balaban J connectivity index is 0.852. The monoisotopic (exact) mass is 903 g/mol. The molecule has 0 fully saturated rings. The van der Waals surface area contributed by atoms with Gasteiger partial charge in [0.15, 0.2) is 0 Å². The zero-order valence-corrected chi connectivity index (χ0v) is 38.4. The van der Waals surface area contributed by atoms with Gasteiger partial charge in [-0.1, -0.05) is 140 Å². The molecular formula is C66H41N5. The summed E-state index contributed by atoms with van der Waals surface area (Å²) in [6, 6.07) is 91.4. The molecule has 0 unspecified atom stereocenters. The minimum absolute atomic E-state index is 1.12. The number of para-hydroxylation sites is 6. The van der Waals surface area contributed by atoms with Crippen LogP contribution in [0.15, 0.2) is 249 Å². The second-order valence-electron chi connectivity index (χ2n) is 18.9. The third kappa shape index (κ3) is 5.29. The Morgan fingerprint density at radius 1 is 0.197 bits per heavy atom. The molecule has 0 amide bonds. The molecule has 5 aromatic heterocycles. The highest BCUT2D eigenvalue weighted by molar-refractivity contribution is 6.26. The lowest BCUT2D eigenvalue weighted by Crippen LogP contribution is -2.00. The second-order valence-corrected chi connectivity index (χ2v) is 18.9. The molecule has 16 rings (SSSR count). The van der Waals surface area contributed by atoms with Crippen LogP contribution in [-0.2, 0) is 0 Å². The predicted octanol–water partition coefficient (Wildman–Crippen LogP) is 17.1. The summed E-state index contributed by atoms with van der Waals surface area (Å²) in [5.41, 5.74) is 20.0. The lowest BCUT2D eigenvalue weighted by atomic mass is 10.0. The molecule has 0 spiro atoms. The molecule has 0 radical (unpaired) electrons. The highest BCUT2D eigenvalue weighted by Gasteiger charge is 2.25. The molecule has 0 aliphatic carbocycles. The van der Waals surface area contributed by atoms with E-state index in [0.29, 0.717) is 0 Å². The summed E-state index contributed by atoms with van der Waals surface area (Å²) >= 11 is 0. The Kier molecular flexibility index (Phi) is 7.82. The van der Waals surface area contributed by atoms with Gasteiger partial charge in [-0.25, -0.2) is 0 Å². The Labute approximate surface area is 407 Å². The van der Waals surface area contributed by atoms with Gasteiger partial charge in [0, 0.05) is 71.4 Å². The van der Waals surface area contributed by atoms with E-state index in [0.717, 1.165) is 34.0 Å². The van der Waals surface area contributed by atoms with Crippen LogP contribution in [0.3, 0.4) is 0 Å². The fourth-order valence-electron chi connectivity index (χ4n) is 12.4. The lowest BCUT2D eigenvalue weighted by molar-refractivity contribution is 1.15. The van der Waals surface area contributed by atoms with Gasteiger partial charge < -0.3 is 22.8 Å². The summed E-state index contributed by atoms with van der Waals surface area (Å²) in [7, 11) is 0. The highest BCUT2D eigenvalue weighted by atomic mass is 15.0. The minimum Gasteiger partial charge on any atom is -0.309 e. The molecule has 5 heterocycles. The summed E-state index contributed by atoms with van der Waals surface area (Å²) in [6.45, 7) is 0. The number of hydrogen-bond donors (Lipinski definition) is 0. The molecule has 5 heteroatoms. The number of hydrogen-bond acceptors (Lipinski definition) is 0. The van der Waals surface area contributed by atoms with Crippen LogP contribution in [0.4, 0.5) is 0 Å². The topological polar surface area (TPSA) is 24.6 Å². The molecular weight excluding hydrogens is 863 g/mol. The largest absolute Gasteiger partial charge is 0.309 e. The average Bonchev–Trinajstić information content (AvgIpc) is 4.23. The third-order valence-corrected chi connectivity index (χ3v) is 15.2. The van der Waals surface area contributed by atoms with E-state index in [4.69, 9.17) is 0 Å². The SMILES string of the molecule is c1ccc(-n2c3ccccc3c3ccc(-n4c5cccc6c5c5c4cccc5n6-c4ccccc4-c4cccc(-n5c6ccccc6c6cc(-n7c8ccccc8c8ccccc87)ccc65)c4)cc32)cc1. The van der Waals surface area contributed by atoms with E-state index in [9.17, 15) is 0 Å². The van der Waals surface area contributed by atoms with Gasteiger partial charge in [-0.05, 0) is 115 Å². The molecule has 0 N–H and O–H groups in total. The molecule has 16 aromatic rings. The van der Waals surface area contributed by atoms with Gasteiger partial charge in [0.05, 0.1) is 60.9 Å². The summed E-state index contributed by atoms with van der Waals surface area (Å²) in [4.78, 5) is 0. The Bertz CT molecular complexity index is 4700. The van der Waals surface area contributed by atoms with Crippen LogP contribution in [0.5, 0.6) is 0 Å². The van der Waals surface area contributed by atoms with Crippen molar-refractivity contribution in [3.8, 4) is 39.6 Å². The molecule has 330 valence electrons. The average molecular weight is 904 g/mol. The van der Waals surface area contributed by atoms with E-state index in [2.05, 4.69) is 272 Å². The zero-order valence-electron chi connectivity index (χ0n) is 38.4. The number of benzene rings is 11. The van der Waals surface area contributed by atoms with Crippen molar-refractivity contribution < 1.29 is 0 Å². The van der Waals surface area contributed by atoms with Crippen LogP contribution in [0.2, 0.25) is 0 Å². The van der Waals surface area contributed by atoms with Crippen molar-refractivity contribution in [3.63, 3.8) is 0 Å². The predicted molar refractivity (Wildman–Crippen MR) is 297 cm³/mol. The Morgan fingerprint density at radius 3 is 1.21 bits per heavy atom.